The highest BCUT2D eigenvalue weighted by molar-refractivity contribution is 5.80. The van der Waals surface area contributed by atoms with Crippen LogP contribution in [0, 0.1) is 6.92 Å². The number of hydrogen-bond acceptors (Lipinski definition) is 2. The predicted molar refractivity (Wildman–Crippen MR) is 77.1 cm³/mol. The highest BCUT2D eigenvalue weighted by atomic mass is 16.2. The van der Waals surface area contributed by atoms with E-state index in [0.29, 0.717) is 6.54 Å². The lowest BCUT2D eigenvalue weighted by Gasteiger charge is -2.21. The number of anilines is 1. The van der Waals surface area contributed by atoms with E-state index in [1.54, 1.807) is 19.0 Å². The zero-order valence-corrected chi connectivity index (χ0v) is 12.3. The number of nitrogens with zero attached hydrogens (tertiary/aromatic N) is 1. The van der Waals surface area contributed by atoms with Crippen LogP contribution in [0.1, 0.15) is 31.9 Å². The molecule has 0 radical (unpaired) electrons. The van der Waals surface area contributed by atoms with Gasteiger partial charge in [0.05, 0.1) is 6.54 Å². The summed E-state index contributed by atoms with van der Waals surface area (Å²) in [5.74, 6) is 0.0792. The maximum Gasteiger partial charge on any atom is 0.241 e. The van der Waals surface area contributed by atoms with Crippen molar-refractivity contribution in [2.75, 3.05) is 26.0 Å². The molecule has 0 bridgehead atoms. The summed E-state index contributed by atoms with van der Waals surface area (Å²) in [4.78, 5) is 13.2. The third-order valence-corrected chi connectivity index (χ3v) is 3.03. The summed E-state index contributed by atoms with van der Waals surface area (Å²) in [6.45, 7) is 8.95. The summed E-state index contributed by atoms with van der Waals surface area (Å²) in [5.41, 5.74) is 3.59. The van der Waals surface area contributed by atoms with Crippen molar-refractivity contribution in [3.8, 4) is 0 Å². The normalized spacial score (nSPS) is 11.2. The highest BCUT2D eigenvalue weighted by Gasteiger charge is 2.15. The second-order valence-electron chi connectivity index (χ2n) is 5.92. The number of carbonyl (C=O) groups excluding carboxylic acids is 1. The molecule has 0 saturated carbocycles. The van der Waals surface area contributed by atoms with E-state index in [1.165, 1.54) is 5.56 Å². The van der Waals surface area contributed by atoms with Gasteiger partial charge in [-0.15, -0.1) is 0 Å². The van der Waals surface area contributed by atoms with E-state index < -0.39 is 0 Å². The number of carbonyl (C=O) groups is 1. The average Bonchev–Trinajstić information content (AvgIpc) is 2.25. The van der Waals surface area contributed by atoms with Gasteiger partial charge < -0.3 is 10.2 Å². The monoisotopic (exact) mass is 248 g/mol. The van der Waals surface area contributed by atoms with Crippen LogP contribution >= 0.6 is 0 Å². The number of benzene rings is 1. The Kier molecular flexibility index (Phi) is 4.38. The smallest absolute Gasteiger partial charge is 0.241 e. The molecule has 0 aliphatic carbocycles. The quantitative estimate of drug-likeness (QED) is 0.892. The Morgan fingerprint density at radius 3 is 2.39 bits per heavy atom. The fourth-order valence-corrected chi connectivity index (χ4v) is 1.61. The molecule has 1 aromatic carbocycles. The molecule has 0 aliphatic heterocycles. The number of nitrogens with one attached hydrogen (secondary N) is 1. The molecule has 1 rings (SSSR count). The maximum absolute atomic E-state index is 11.6. The molecule has 100 valence electrons. The number of aryl methyl sites for hydroxylation is 1. The molecule has 18 heavy (non-hydrogen) atoms. The lowest BCUT2D eigenvalue weighted by molar-refractivity contribution is -0.126. The number of hydrogen-bond donors (Lipinski definition) is 1. The van der Waals surface area contributed by atoms with Crippen molar-refractivity contribution in [2.24, 2.45) is 0 Å². The summed E-state index contributed by atoms with van der Waals surface area (Å²) < 4.78 is 0. The van der Waals surface area contributed by atoms with Crippen molar-refractivity contribution in [1.82, 2.24) is 4.90 Å². The third kappa shape index (κ3) is 3.76. The SMILES string of the molecule is Cc1ccc(C(C)(C)C)cc1NCC(=O)N(C)C. The Morgan fingerprint density at radius 1 is 1.28 bits per heavy atom. The van der Waals surface area contributed by atoms with Crippen LogP contribution in [0.2, 0.25) is 0 Å². The van der Waals surface area contributed by atoms with Gasteiger partial charge in [-0.05, 0) is 29.5 Å². The van der Waals surface area contributed by atoms with Gasteiger partial charge in [-0.1, -0.05) is 32.9 Å². The van der Waals surface area contributed by atoms with Gasteiger partial charge in [-0.3, -0.25) is 4.79 Å². The standard InChI is InChI=1S/C15H24N2O/c1-11-7-8-12(15(2,3)4)9-13(11)16-10-14(18)17(5)6/h7-9,16H,10H2,1-6H3. The number of amides is 1. The Balaban J connectivity index is 2.85. The van der Waals surface area contributed by atoms with Crippen LogP contribution in [-0.2, 0) is 10.2 Å². The molecular formula is C15H24N2O. The summed E-state index contributed by atoms with van der Waals surface area (Å²) in [5, 5.41) is 3.22. The van der Waals surface area contributed by atoms with Gasteiger partial charge in [-0.2, -0.15) is 0 Å². The van der Waals surface area contributed by atoms with Gasteiger partial charge in [-0.25, -0.2) is 0 Å². The lowest BCUT2D eigenvalue weighted by Crippen LogP contribution is -2.28. The van der Waals surface area contributed by atoms with E-state index in [1.807, 2.05) is 0 Å². The summed E-state index contributed by atoms with van der Waals surface area (Å²) in [6, 6.07) is 6.38. The number of likely N-dealkylation sites (N-methyl/N-ethyl adjacent to an activating group) is 1. The first-order valence-corrected chi connectivity index (χ1v) is 6.27. The minimum absolute atomic E-state index is 0.0792. The summed E-state index contributed by atoms with van der Waals surface area (Å²) in [6.07, 6.45) is 0. The van der Waals surface area contributed by atoms with Crippen LogP contribution in [-0.4, -0.2) is 31.4 Å². The molecule has 1 aromatic rings. The first-order chi connectivity index (χ1) is 8.21. The van der Waals surface area contributed by atoms with Crippen molar-refractivity contribution in [3.05, 3.63) is 29.3 Å². The zero-order chi connectivity index (χ0) is 13.9. The van der Waals surface area contributed by atoms with Gasteiger partial charge in [0.1, 0.15) is 0 Å². The molecule has 3 nitrogen and oxygen atoms in total. The van der Waals surface area contributed by atoms with E-state index >= 15 is 0 Å². The molecule has 0 unspecified atom stereocenters. The Bertz CT molecular complexity index is 431. The second kappa shape index (κ2) is 5.42. The molecule has 1 N–H and O–H groups in total. The van der Waals surface area contributed by atoms with Gasteiger partial charge >= 0.3 is 0 Å². The Morgan fingerprint density at radius 2 is 1.89 bits per heavy atom. The molecule has 0 aliphatic rings. The van der Waals surface area contributed by atoms with Gasteiger partial charge in [0, 0.05) is 19.8 Å². The topological polar surface area (TPSA) is 32.3 Å². The van der Waals surface area contributed by atoms with Crippen molar-refractivity contribution in [2.45, 2.75) is 33.1 Å². The largest absolute Gasteiger partial charge is 0.376 e. The van der Waals surface area contributed by atoms with Gasteiger partial charge in [0.15, 0.2) is 0 Å². The minimum Gasteiger partial charge on any atom is -0.376 e. The van der Waals surface area contributed by atoms with Crippen molar-refractivity contribution in [1.29, 1.82) is 0 Å². The van der Waals surface area contributed by atoms with Crippen LogP contribution in [0.3, 0.4) is 0 Å². The average molecular weight is 248 g/mol. The lowest BCUT2D eigenvalue weighted by atomic mass is 9.86. The molecule has 0 saturated heterocycles. The first-order valence-electron chi connectivity index (χ1n) is 6.27. The molecule has 0 spiro atoms. The van der Waals surface area contributed by atoms with Crippen molar-refractivity contribution in [3.63, 3.8) is 0 Å². The van der Waals surface area contributed by atoms with E-state index in [4.69, 9.17) is 0 Å². The molecule has 0 heterocycles. The molecule has 3 heteroatoms. The van der Waals surface area contributed by atoms with E-state index in [-0.39, 0.29) is 11.3 Å². The van der Waals surface area contributed by atoms with Crippen molar-refractivity contribution < 1.29 is 4.79 Å². The Labute approximate surface area is 110 Å². The molecule has 0 aromatic heterocycles. The molecule has 1 amide bonds. The maximum atomic E-state index is 11.6. The minimum atomic E-state index is 0.0792. The second-order valence-corrected chi connectivity index (χ2v) is 5.92. The van der Waals surface area contributed by atoms with E-state index in [0.717, 1.165) is 11.3 Å². The summed E-state index contributed by atoms with van der Waals surface area (Å²) in [7, 11) is 3.53. The van der Waals surface area contributed by atoms with Crippen LogP contribution < -0.4 is 5.32 Å². The van der Waals surface area contributed by atoms with E-state index in [2.05, 4.69) is 51.2 Å². The van der Waals surface area contributed by atoms with E-state index in [9.17, 15) is 4.79 Å². The first kappa shape index (κ1) is 14.6. The van der Waals surface area contributed by atoms with Crippen LogP contribution in [0.15, 0.2) is 18.2 Å². The van der Waals surface area contributed by atoms with Crippen LogP contribution in [0.4, 0.5) is 5.69 Å². The third-order valence-electron chi connectivity index (χ3n) is 3.03. The predicted octanol–water partition coefficient (Wildman–Crippen LogP) is 2.79. The zero-order valence-electron chi connectivity index (χ0n) is 12.3. The molecule has 0 fully saturated rings. The molecule has 0 atom stereocenters. The van der Waals surface area contributed by atoms with Crippen LogP contribution in [0.25, 0.3) is 0 Å². The number of rotatable bonds is 3. The summed E-state index contributed by atoms with van der Waals surface area (Å²) >= 11 is 0. The van der Waals surface area contributed by atoms with Crippen molar-refractivity contribution >= 4 is 11.6 Å². The Hall–Kier alpha value is -1.51. The fraction of sp³-hybridized carbons (Fsp3) is 0.533. The highest BCUT2D eigenvalue weighted by Crippen LogP contribution is 2.26. The van der Waals surface area contributed by atoms with Crippen LogP contribution in [0.5, 0.6) is 0 Å². The fourth-order valence-electron chi connectivity index (χ4n) is 1.61. The van der Waals surface area contributed by atoms with Gasteiger partial charge in [0.25, 0.3) is 0 Å². The van der Waals surface area contributed by atoms with Gasteiger partial charge in [0.2, 0.25) is 5.91 Å². The molecular weight excluding hydrogens is 224 g/mol.